The Bertz CT molecular complexity index is 1350. The molecule has 0 unspecified atom stereocenters. The number of hydrogen-bond acceptors (Lipinski definition) is 5. The predicted octanol–water partition coefficient (Wildman–Crippen LogP) is 5.98. The number of rotatable bonds is 8. The Morgan fingerprint density at radius 3 is 2.33 bits per heavy atom. The molecule has 1 aliphatic rings. The lowest BCUT2D eigenvalue weighted by Crippen LogP contribution is -2.40. The highest BCUT2D eigenvalue weighted by atomic mass is 16.2. The maximum Gasteiger partial charge on any atom is 0.322 e. The van der Waals surface area contributed by atoms with E-state index in [4.69, 9.17) is 0 Å². The molecule has 3 amide bonds. The van der Waals surface area contributed by atoms with E-state index < -0.39 is 0 Å². The molecule has 5 rings (SSSR count). The Balaban J connectivity index is 1.34. The number of H-pyrrole nitrogens is 1. The molecule has 1 aromatic heterocycles. The smallest absolute Gasteiger partial charge is 0.322 e. The Kier molecular flexibility index (Phi) is 8.26. The summed E-state index contributed by atoms with van der Waals surface area (Å²) >= 11 is 0. The number of nitrogens with zero attached hydrogens (tertiary/aromatic N) is 4. The molecular formula is C30H33N7O2. The van der Waals surface area contributed by atoms with Crippen LogP contribution >= 0.6 is 0 Å². The number of nitrogens with one attached hydrogen (secondary N) is 3. The summed E-state index contributed by atoms with van der Waals surface area (Å²) in [6.45, 7) is 2.33. The summed E-state index contributed by atoms with van der Waals surface area (Å²) in [7, 11) is 0. The SMILES string of the molecule is C[C@H](NC(=O)N(Cc1ccc(C(=O)Nc2nn[nH]n2)cc1)c1ccc(C2CCCCC2)cc1)c1ccccc1. The Labute approximate surface area is 228 Å². The van der Waals surface area contributed by atoms with Crippen molar-refractivity contribution in [2.45, 2.75) is 57.5 Å². The van der Waals surface area contributed by atoms with Crippen molar-refractivity contribution < 1.29 is 9.59 Å². The molecule has 9 nitrogen and oxygen atoms in total. The first-order chi connectivity index (χ1) is 19.1. The lowest BCUT2D eigenvalue weighted by Gasteiger charge is -2.27. The second kappa shape index (κ2) is 12.3. The van der Waals surface area contributed by atoms with E-state index in [0.717, 1.165) is 16.8 Å². The summed E-state index contributed by atoms with van der Waals surface area (Å²) < 4.78 is 0. The maximum atomic E-state index is 13.6. The minimum atomic E-state index is -0.340. The van der Waals surface area contributed by atoms with Crippen LogP contribution in [0.15, 0.2) is 78.9 Å². The van der Waals surface area contributed by atoms with Crippen LogP contribution in [0.3, 0.4) is 0 Å². The quantitative estimate of drug-likeness (QED) is 0.263. The second-order valence-corrected chi connectivity index (χ2v) is 9.98. The van der Waals surface area contributed by atoms with Gasteiger partial charge in [0.2, 0.25) is 0 Å². The normalized spacial score (nSPS) is 14.4. The van der Waals surface area contributed by atoms with Gasteiger partial charge in [0.25, 0.3) is 11.9 Å². The monoisotopic (exact) mass is 523 g/mol. The van der Waals surface area contributed by atoms with Crippen LogP contribution in [-0.4, -0.2) is 32.6 Å². The van der Waals surface area contributed by atoms with Gasteiger partial charge in [-0.3, -0.25) is 15.0 Å². The van der Waals surface area contributed by atoms with Crippen LogP contribution in [0.25, 0.3) is 0 Å². The van der Waals surface area contributed by atoms with Crippen LogP contribution in [0.2, 0.25) is 0 Å². The van der Waals surface area contributed by atoms with Crippen molar-refractivity contribution in [1.29, 1.82) is 0 Å². The zero-order valence-electron chi connectivity index (χ0n) is 22.0. The molecule has 4 aromatic rings. The molecule has 1 atom stereocenters. The number of urea groups is 1. The zero-order valence-corrected chi connectivity index (χ0v) is 22.0. The molecule has 1 heterocycles. The van der Waals surface area contributed by atoms with Gasteiger partial charge < -0.3 is 5.32 Å². The van der Waals surface area contributed by atoms with Gasteiger partial charge in [-0.15, -0.1) is 5.10 Å². The summed E-state index contributed by atoms with van der Waals surface area (Å²) in [5, 5.41) is 19.0. The van der Waals surface area contributed by atoms with Gasteiger partial charge in [0.15, 0.2) is 0 Å². The summed E-state index contributed by atoms with van der Waals surface area (Å²) in [5.41, 5.74) is 4.55. The van der Waals surface area contributed by atoms with Crippen molar-refractivity contribution in [2.24, 2.45) is 0 Å². The van der Waals surface area contributed by atoms with Gasteiger partial charge in [-0.05, 0) is 71.9 Å². The van der Waals surface area contributed by atoms with Crippen LogP contribution in [0, 0.1) is 0 Å². The van der Waals surface area contributed by atoms with Crippen molar-refractivity contribution in [3.8, 4) is 0 Å². The van der Waals surface area contributed by atoms with E-state index in [1.54, 1.807) is 17.0 Å². The first-order valence-corrected chi connectivity index (χ1v) is 13.4. The molecule has 3 aromatic carbocycles. The fourth-order valence-corrected chi connectivity index (χ4v) is 5.06. The average molecular weight is 524 g/mol. The summed E-state index contributed by atoms with van der Waals surface area (Å²) in [4.78, 5) is 27.8. The zero-order chi connectivity index (χ0) is 27.0. The van der Waals surface area contributed by atoms with Gasteiger partial charge in [-0.2, -0.15) is 5.21 Å². The first-order valence-electron chi connectivity index (χ1n) is 13.4. The highest BCUT2D eigenvalue weighted by Gasteiger charge is 2.21. The van der Waals surface area contributed by atoms with Gasteiger partial charge in [-0.1, -0.05) is 79.0 Å². The summed E-state index contributed by atoms with van der Waals surface area (Å²) in [6.07, 6.45) is 6.33. The van der Waals surface area contributed by atoms with Crippen LogP contribution in [0.1, 0.15) is 78.0 Å². The molecule has 39 heavy (non-hydrogen) atoms. The van der Waals surface area contributed by atoms with Crippen molar-refractivity contribution >= 4 is 23.6 Å². The molecule has 200 valence electrons. The Hall–Kier alpha value is -4.53. The lowest BCUT2D eigenvalue weighted by molar-refractivity contribution is 0.102. The van der Waals surface area contributed by atoms with Gasteiger partial charge in [0.1, 0.15) is 0 Å². The van der Waals surface area contributed by atoms with Gasteiger partial charge in [0.05, 0.1) is 12.6 Å². The fourth-order valence-electron chi connectivity index (χ4n) is 5.06. The van der Waals surface area contributed by atoms with Crippen LogP contribution in [0.4, 0.5) is 16.4 Å². The van der Waals surface area contributed by atoms with Crippen LogP contribution in [-0.2, 0) is 6.54 Å². The van der Waals surface area contributed by atoms with Crippen molar-refractivity contribution in [1.82, 2.24) is 25.9 Å². The Morgan fingerprint density at radius 2 is 1.67 bits per heavy atom. The minimum Gasteiger partial charge on any atom is -0.331 e. The van der Waals surface area contributed by atoms with Gasteiger partial charge in [0, 0.05) is 11.3 Å². The van der Waals surface area contributed by atoms with E-state index in [0.29, 0.717) is 18.0 Å². The van der Waals surface area contributed by atoms with E-state index >= 15 is 0 Å². The van der Waals surface area contributed by atoms with E-state index in [1.807, 2.05) is 61.5 Å². The second-order valence-electron chi connectivity index (χ2n) is 9.98. The van der Waals surface area contributed by atoms with E-state index in [2.05, 4.69) is 43.4 Å². The van der Waals surface area contributed by atoms with Crippen molar-refractivity contribution in [2.75, 3.05) is 10.2 Å². The number of hydrogen-bond donors (Lipinski definition) is 3. The standard InChI is InChI=1S/C30H33N7O2/c1-21(23-8-4-2-5-9-23)31-30(39)37(27-18-16-25(17-19-27)24-10-6-3-7-11-24)20-22-12-14-26(15-13-22)28(38)32-29-33-35-36-34-29/h2,4-5,8-9,12-19,21,24H,3,6-7,10-11,20H2,1H3,(H,31,39)(H2,32,33,34,35,36,38)/t21-/m0/s1. The molecule has 0 aliphatic heterocycles. The number of benzene rings is 3. The minimum absolute atomic E-state index is 0.108. The largest absolute Gasteiger partial charge is 0.331 e. The number of carbonyl (C=O) groups excluding carboxylic acids is 2. The molecular weight excluding hydrogens is 490 g/mol. The third-order valence-electron chi connectivity index (χ3n) is 7.29. The number of aromatic amines is 1. The predicted molar refractivity (Wildman–Crippen MR) is 150 cm³/mol. The van der Waals surface area contributed by atoms with Crippen LogP contribution < -0.4 is 15.5 Å². The van der Waals surface area contributed by atoms with Crippen LogP contribution in [0.5, 0.6) is 0 Å². The van der Waals surface area contributed by atoms with Gasteiger partial charge in [-0.25, -0.2) is 4.79 Å². The highest BCUT2D eigenvalue weighted by molar-refractivity contribution is 6.03. The molecule has 0 radical (unpaired) electrons. The first kappa shape index (κ1) is 26.1. The third kappa shape index (κ3) is 6.67. The molecule has 0 spiro atoms. The van der Waals surface area contributed by atoms with E-state index in [1.165, 1.54) is 37.7 Å². The van der Waals surface area contributed by atoms with Crippen molar-refractivity contribution in [3.05, 3.63) is 101 Å². The number of anilines is 2. The van der Waals surface area contributed by atoms with Gasteiger partial charge >= 0.3 is 6.03 Å². The molecule has 1 fully saturated rings. The summed E-state index contributed by atoms with van der Waals surface area (Å²) in [6, 6.07) is 25.1. The number of amides is 3. The highest BCUT2D eigenvalue weighted by Crippen LogP contribution is 2.33. The number of carbonyl (C=O) groups is 2. The summed E-state index contributed by atoms with van der Waals surface area (Å²) in [5.74, 6) is 0.364. The lowest BCUT2D eigenvalue weighted by atomic mass is 9.84. The number of tetrazole rings is 1. The fraction of sp³-hybridized carbons (Fsp3) is 0.300. The average Bonchev–Trinajstić information content (AvgIpc) is 3.50. The van der Waals surface area contributed by atoms with E-state index in [9.17, 15) is 9.59 Å². The molecule has 3 N–H and O–H groups in total. The van der Waals surface area contributed by atoms with Crippen molar-refractivity contribution in [3.63, 3.8) is 0 Å². The Morgan fingerprint density at radius 1 is 0.949 bits per heavy atom. The molecule has 0 bridgehead atoms. The molecule has 0 saturated heterocycles. The molecule has 9 heteroatoms. The molecule has 1 saturated carbocycles. The third-order valence-corrected chi connectivity index (χ3v) is 7.29. The number of aromatic nitrogens is 4. The molecule has 1 aliphatic carbocycles. The topological polar surface area (TPSA) is 116 Å². The van der Waals surface area contributed by atoms with E-state index in [-0.39, 0.29) is 23.9 Å². The maximum absolute atomic E-state index is 13.6.